The van der Waals surface area contributed by atoms with Crippen molar-refractivity contribution in [3.63, 3.8) is 0 Å². The minimum Gasteiger partial charge on any atom is -0.493 e. The van der Waals surface area contributed by atoms with Gasteiger partial charge in [0.2, 0.25) is 0 Å². The number of fused-ring (bicyclic) bond motifs is 1. The number of nitro groups is 1. The number of aromatic nitrogens is 1. The average molecular weight is 299 g/mol. The second kappa shape index (κ2) is 6.01. The lowest BCUT2D eigenvalue weighted by atomic mass is 10.1. The summed E-state index contributed by atoms with van der Waals surface area (Å²) < 4.78 is 5.49. The van der Waals surface area contributed by atoms with Crippen LogP contribution >= 0.6 is 0 Å². The zero-order chi connectivity index (χ0) is 15.5. The molecule has 2 heterocycles. The van der Waals surface area contributed by atoms with Crippen LogP contribution in [0.25, 0.3) is 0 Å². The van der Waals surface area contributed by atoms with E-state index in [1.165, 1.54) is 17.3 Å². The Hall–Kier alpha value is -2.63. The quantitative estimate of drug-likeness (QED) is 0.678. The van der Waals surface area contributed by atoms with E-state index in [4.69, 9.17) is 4.74 Å². The van der Waals surface area contributed by atoms with Crippen LogP contribution in [0.1, 0.15) is 16.7 Å². The van der Waals surface area contributed by atoms with Crippen molar-refractivity contribution < 1.29 is 9.66 Å². The van der Waals surface area contributed by atoms with E-state index in [9.17, 15) is 10.1 Å². The van der Waals surface area contributed by atoms with E-state index in [0.717, 1.165) is 31.7 Å². The summed E-state index contributed by atoms with van der Waals surface area (Å²) in [5, 5.41) is 14.0. The normalized spacial score (nSPS) is 12.6. The predicted octanol–water partition coefficient (Wildman–Crippen LogP) is 2.89. The summed E-state index contributed by atoms with van der Waals surface area (Å²) in [6, 6.07) is 7.97. The molecule has 3 rings (SSSR count). The lowest BCUT2D eigenvalue weighted by molar-refractivity contribution is -0.385. The van der Waals surface area contributed by atoms with Crippen molar-refractivity contribution in [2.75, 3.05) is 18.5 Å². The first kappa shape index (κ1) is 14.3. The number of anilines is 1. The van der Waals surface area contributed by atoms with Crippen LogP contribution in [-0.4, -0.2) is 23.1 Å². The van der Waals surface area contributed by atoms with E-state index in [1.807, 2.05) is 6.07 Å². The molecule has 0 radical (unpaired) electrons. The number of nitrogens with zero attached hydrogens (tertiary/aromatic N) is 2. The van der Waals surface area contributed by atoms with Gasteiger partial charge in [0.05, 0.1) is 11.5 Å². The highest BCUT2D eigenvalue weighted by Gasteiger charge is 2.13. The van der Waals surface area contributed by atoms with Gasteiger partial charge in [-0.05, 0) is 36.6 Å². The summed E-state index contributed by atoms with van der Waals surface area (Å²) >= 11 is 0. The maximum Gasteiger partial charge on any atom is 0.290 e. The molecule has 0 amide bonds. The summed E-state index contributed by atoms with van der Waals surface area (Å²) in [6.07, 6.45) is 3.13. The Morgan fingerprint density at radius 3 is 3.05 bits per heavy atom. The van der Waals surface area contributed by atoms with Gasteiger partial charge in [0.1, 0.15) is 17.8 Å². The van der Waals surface area contributed by atoms with E-state index < -0.39 is 4.92 Å². The monoisotopic (exact) mass is 299 g/mol. The molecule has 22 heavy (non-hydrogen) atoms. The number of hydrogen-bond donors (Lipinski definition) is 1. The molecule has 0 atom stereocenters. The molecular weight excluding hydrogens is 282 g/mol. The summed E-state index contributed by atoms with van der Waals surface area (Å²) in [5.74, 6) is 1.65. The van der Waals surface area contributed by atoms with E-state index in [-0.39, 0.29) is 5.69 Å². The Balaban J connectivity index is 1.59. The zero-order valence-electron chi connectivity index (χ0n) is 12.3. The number of rotatable bonds is 5. The molecule has 6 heteroatoms. The number of nitrogens with one attached hydrogen (secondary N) is 1. The number of pyridine rings is 1. The molecule has 1 aliphatic rings. The van der Waals surface area contributed by atoms with Crippen LogP contribution < -0.4 is 10.1 Å². The fraction of sp³-hybridized carbons (Fsp3) is 0.312. The highest BCUT2D eigenvalue weighted by atomic mass is 16.6. The van der Waals surface area contributed by atoms with Crippen molar-refractivity contribution in [1.29, 1.82) is 0 Å². The van der Waals surface area contributed by atoms with Crippen molar-refractivity contribution in [3.8, 4) is 5.75 Å². The zero-order valence-corrected chi connectivity index (χ0v) is 12.3. The van der Waals surface area contributed by atoms with Crippen LogP contribution in [0.15, 0.2) is 30.5 Å². The summed E-state index contributed by atoms with van der Waals surface area (Å²) in [6.45, 7) is 3.21. The molecule has 0 fully saturated rings. The van der Waals surface area contributed by atoms with Crippen molar-refractivity contribution in [2.45, 2.75) is 19.8 Å². The van der Waals surface area contributed by atoms with Gasteiger partial charge in [0.25, 0.3) is 5.69 Å². The van der Waals surface area contributed by atoms with Gasteiger partial charge < -0.3 is 10.1 Å². The summed E-state index contributed by atoms with van der Waals surface area (Å²) in [4.78, 5) is 14.4. The van der Waals surface area contributed by atoms with Gasteiger partial charge in [-0.1, -0.05) is 12.1 Å². The third-order valence-corrected chi connectivity index (χ3v) is 3.75. The van der Waals surface area contributed by atoms with Crippen molar-refractivity contribution in [1.82, 2.24) is 4.98 Å². The van der Waals surface area contributed by atoms with E-state index in [1.54, 1.807) is 13.0 Å². The minimum absolute atomic E-state index is 0.0455. The molecule has 6 nitrogen and oxygen atoms in total. The van der Waals surface area contributed by atoms with Crippen LogP contribution in [0.4, 0.5) is 11.5 Å². The van der Waals surface area contributed by atoms with E-state index >= 15 is 0 Å². The van der Waals surface area contributed by atoms with Crippen LogP contribution in [0.5, 0.6) is 5.75 Å². The standard InChI is InChI=1S/C16H17N3O3/c1-11-8-16(18-10-14(11)19(20)21)17-6-4-12-2-3-15-13(9-12)5-7-22-15/h2-3,8-10H,4-7H2,1H3,(H,17,18). The van der Waals surface area contributed by atoms with Crippen LogP contribution in [0, 0.1) is 17.0 Å². The van der Waals surface area contributed by atoms with Crippen LogP contribution in [0.3, 0.4) is 0 Å². The molecule has 1 aromatic carbocycles. The van der Waals surface area contributed by atoms with Gasteiger partial charge >= 0.3 is 0 Å². The molecule has 0 saturated heterocycles. The summed E-state index contributed by atoms with van der Waals surface area (Å²) in [5.41, 5.74) is 3.17. The largest absolute Gasteiger partial charge is 0.493 e. The molecule has 1 aliphatic heterocycles. The Labute approximate surface area is 128 Å². The van der Waals surface area contributed by atoms with Gasteiger partial charge in [-0.2, -0.15) is 0 Å². The molecule has 0 saturated carbocycles. The minimum atomic E-state index is -0.418. The van der Waals surface area contributed by atoms with Gasteiger partial charge in [0.15, 0.2) is 0 Å². The van der Waals surface area contributed by atoms with E-state index in [0.29, 0.717) is 11.4 Å². The molecule has 0 spiro atoms. The Bertz CT molecular complexity index is 716. The van der Waals surface area contributed by atoms with Gasteiger partial charge in [-0.3, -0.25) is 10.1 Å². The van der Waals surface area contributed by atoms with Crippen molar-refractivity contribution in [3.05, 3.63) is 57.3 Å². The first-order valence-corrected chi connectivity index (χ1v) is 7.23. The van der Waals surface area contributed by atoms with Gasteiger partial charge in [-0.25, -0.2) is 4.98 Å². The highest BCUT2D eigenvalue weighted by Crippen LogP contribution is 2.26. The first-order chi connectivity index (χ1) is 10.6. The second-order valence-electron chi connectivity index (χ2n) is 5.33. The molecule has 2 aromatic rings. The number of aryl methyl sites for hydroxylation is 1. The van der Waals surface area contributed by atoms with Crippen molar-refractivity contribution >= 4 is 11.5 Å². The number of benzene rings is 1. The predicted molar refractivity (Wildman–Crippen MR) is 83.5 cm³/mol. The molecule has 1 N–H and O–H groups in total. The Kier molecular flexibility index (Phi) is 3.91. The fourth-order valence-electron chi connectivity index (χ4n) is 2.57. The maximum atomic E-state index is 10.8. The Morgan fingerprint density at radius 1 is 1.41 bits per heavy atom. The molecule has 0 aliphatic carbocycles. The SMILES string of the molecule is Cc1cc(NCCc2ccc3c(c2)CCO3)ncc1[N+](=O)[O-]. The fourth-order valence-corrected chi connectivity index (χ4v) is 2.57. The third kappa shape index (κ3) is 3.00. The Morgan fingerprint density at radius 2 is 2.27 bits per heavy atom. The molecule has 0 bridgehead atoms. The van der Waals surface area contributed by atoms with Gasteiger partial charge in [0, 0.05) is 18.5 Å². The maximum absolute atomic E-state index is 10.8. The molecule has 0 unspecified atom stereocenters. The number of ether oxygens (including phenoxy) is 1. The molecule has 114 valence electrons. The topological polar surface area (TPSA) is 77.3 Å². The second-order valence-corrected chi connectivity index (χ2v) is 5.33. The smallest absolute Gasteiger partial charge is 0.290 e. The molecular formula is C16H17N3O3. The number of hydrogen-bond acceptors (Lipinski definition) is 5. The van der Waals surface area contributed by atoms with Crippen LogP contribution in [-0.2, 0) is 12.8 Å². The third-order valence-electron chi connectivity index (χ3n) is 3.75. The van der Waals surface area contributed by atoms with Crippen LogP contribution in [0.2, 0.25) is 0 Å². The van der Waals surface area contributed by atoms with E-state index in [2.05, 4.69) is 22.4 Å². The average Bonchev–Trinajstić information content (AvgIpc) is 2.94. The van der Waals surface area contributed by atoms with Gasteiger partial charge in [-0.15, -0.1) is 0 Å². The first-order valence-electron chi connectivity index (χ1n) is 7.23. The highest BCUT2D eigenvalue weighted by molar-refractivity contribution is 5.47. The lowest BCUT2D eigenvalue weighted by Gasteiger charge is -2.07. The summed E-state index contributed by atoms with van der Waals surface area (Å²) in [7, 11) is 0. The van der Waals surface area contributed by atoms with Crippen molar-refractivity contribution in [2.24, 2.45) is 0 Å². The lowest BCUT2D eigenvalue weighted by Crippen LogP contribution is -2.07. The molecule has 1 aromatic heterocycles.